The molecule has 1 heterocycles. The molecule has 0 aliphatic heterocycles. The summed E-state index contributed by atoms with van der Waals surface area (Å²) in [5.41, 5.74) is -0.495. The van der Waals surface area contributed by atoms with Crippen LogP contribution >= 0.6 is 0 Å². The van der Waals surface area contributed by atoms with Gasteiger partial charge < -0.3 is 9.64 Å². The van der Waals surface area contributed by atoms with Crippen molar-refractivity contribution in [2.24, 2.45) is 5.92 Å². The van der Waals surface area contributed by atoms with Crippen LogP contribution in [0.1, 0.15) is 19.4 Å². The maximum absolute atomic E-state index is 13.1. The molecule has 0 saturated heterocycles. The van der Waals surface area contributed by atoms with Gasteiger partial charge >= 0.3 is 6.18 Å². The summed E-state index contributed by atoms with van der Waals surface area (Å²) in [6.07, 6.45) is -3.92. The lowest BCUT2D eigenvalue weighted by molar-refractivity contribution is -0.139. The summed E-state index contributed by atoms with van der Waals surface area (Å²) in [6.45, 7) is 3.74. The van der Waals surface area contributed by atoms with Crippen LogP contribution < -0.4 is 9.64 Å². The zero-order valence-electron chi connectivity index (χ0n) is 13.4. The first-order chi connectivity index (χ1) is 11.2. The lowest BCUT2D eigenvalue weighted by atomic mass is 10.2. The third-order valence-corrected chi connectivity index (χ3v) is 3.11. The molecule has 0 saturated carbocycles. The van der Waals surface area contributed by atoms with Gasteiger partial charge in [-0.25, -0.2) is 9.37 Å². The molecule has 0 spiro atoms. The highest BCUT2D eigenvalue weighted by Gasteiger charge is 2.36. The zero-order valence-corrected chi connectivity index (χ0v) is 13.4. The van der Waals surface area contributed by atoms with Gasteiger partial charge in [-0.05, 0) is 30.2 Å². The molecule has 1 aromatic carbocycles. The lowest BCUT2D eigenvalue weighted by Gasteiger charge is -2.20. The van der Waals surface area contributed by atoms with Gasteiger partial charge in [-0.1, -0.05) is 13.8 Å². The quantitative estimate of drug-likeness (QED) is 0.753. The van der Waals surface area contributed by atoms with Gasteiger partial charge in [0.05, 0.1) is 6.61 Å². The molecule has 0 aliphatic rings. The largest absolute Gasteiger partial charge is 0.477 e. The van der Waals surface area contributed by atoms with Crippen LogP contribution in [0.25, 0.3) is 0 Å². The highest BCUT2D eigenvalue weighted by atomic mass is 19.4. The summed E-state index contributed by atoms with van der Waals surface area (Å²) in [5, 5.41) is 0. The number of halogens is 4. The van der Waals surface area contributed by atoms with E-state index in [1.807, 2.05) is 13.8 Å². The Kier molecular flexibility index (Phi) is 5.26. The Morgan fingerprint density at radius 2 is 1.79 bits per heavy atom. The van der Waals surface area contributed by atoms with E-state index in [9.17, 15) is 17.6 Å². The van der Waals surface area contributed by atoms with Crippen LogP contribution in [0.15, 0.2) is 30.5 Å². The van der Waals surface area contributed by atoms with Crippen molar-refractivity contribution >= 4 is 11.6 Å². The Bertz CT molecular complexity index is 687. The number of alkyl halides is 3. The van der Waals surface area contributed by atoms with Crippen molar-refractivity contribution in [1.29, 1.82) is 0 Å². The Balaban J connectivity index is 2.37. The first-order valence-corrected chi connectivity index (χ1v) is 7.25. The second-order valence-electron chi connectivity index (χ2n) is 5.63. The fourth-order valence-electron chi connectivity index (χ4n) is 1.85. The third-order valence-electron chi connectivity index (χ3n) is 3.11. The van der Waals surface area contributed by atoms with Gasteiger partial charge in [0.2, 0.25) is 11.8 Å². The van der Waals surface area contributed by atoms with Gasteiger partial charge in [-0.15, -0.1) is 0 Å². The van der Waals surface area contributed by atoms with E-state index in [0.717, 1.165) is 0 Å². The summed E-state index contributed by atoms with van der Waals surface area (Å²) in [4.78, 5) is 9.09. The summed E-state index contributed by atoms with van der Waals surface area (Å²) in [6, 6.07) is 5.44. The average Bonchev–Trinajstić information content (AvgIpc) is 2.51. The number of nitrogens with zero attached hydrogens (tertiary/aromatic N) is 3. The van der Waals surface area contributed by atoms with Crippen LogP contribution in [-0.2, 0) is 6.18 Å². The molecule has 8 heteroatoms. The van der Waals surface area contributed by atoms with Crippen LogP contribution in [0.2, 0.25) is 0 Å². The molecule has 0 atom stereocenters. The van der Waals surface area contributed by atoms with E-state index in [2.05, 4.69) is 9.97 Å². The van der Waals surface area contributed by atoms with Crippen LogP contribution in [-0.4, -0.2) is 23.6 Å². The molecule has 0 unspecified atom stereocenters. The normalized spacial score (nSPS) is 11.7. The third kappa shape index (κ3) is 4.33. The fraction of sp³-hybridized carbons (Fsp3) is 0.375. The lowest BCUT2D eigenvalue weighted by Crippen LogP contribution is -2.18. The van der Waals surface area contributed by atoms with E-state index >= 15 is 0 Å². The number of ether oxygens (including phenoxy) is 1. The summed E-state index contributed by atoms with van der Waals surface area (Å²) in [5.74, 6) is -0.871. The minimum Gasteiger partial charge on any atom is -0.477 e. The Morgan fingerprint density at radius 1 is 1.17 bits per heavy atom. The van der Waals surface area contributed by atoms with E-state index in [-0.39, 0.29) is 18.5 Å². The second-order valence-corrected chi connectivity index (χ2v) is 5.63. The smallest absolute Gasteiger partial charge is 0.423 e. The van der Waals surface area contributed by atoms with Gasteiger partial charge in [0.1, 0.15) is 11.4 Å². The predicted molar refractivity (Wildman–Crippen MR) is 81.8 cm³/mol. The standard InChI is InChI=1S/C16H17F4N3O/c1-10(2)9-24-14-13(16(18,19)20)8-21-15(22-14)23(3)12-6-4-11(17)5-7-12/h4-8,10H,9H2,1-3H3. The molecule has 0 N–H and O–H groups in total. The summed E-state index contributed by atoms with van der Waals surface area (Å²) in [7, 11) is 1.57. The van der Waals surface area contributed by atoms with E-state index in [1.54, 1.807) is 7.05 Å². The first-order valence-electron chi connectivity index (χ1n) is 7.25. The molecular formula is C16H17F4N3O. The van der Waals surface area contributed by atoms with Crippen LogP contribution in [0.3, 0.4) is 0 Å². The Hall–Kier alpha value is -2.38. The number of hydrogen-bond donors (Lipinski definition) is 0. The second kappa shape index (κ2) is 7.02. The molecule has 0 fully saturated rings. The fourth-order valence-corrected chi connectivity index (χ4v) is 1.85. The molecule has 0 aliphatic carbocycles. The van der Waals surface area contributed by atoms with Gasteiger partial charge in [-0.2, -0.15) is 18.2 Å². The minimum absolute atomic E-state index is 0.0216. The minimum atomic E-state index is -4.61. The van der Waals surface area contributed by atoms with Crippen LogP contribution in [0.5, 0.6) is 5.88 Å². The molecule has 4 nitrogen and oxygen atoms in total. The van der Waals surface area contributed by atoms with Crippen molar-refractivity contribution in [2.45, 2.75) is 20.0 Å². The molecule has 0 amide bonds. The number of benzene rings is 1. The number of hydrogen-bond acceptors (Lipinski definition) is 4. The number of anilines is 2. The maximum Gasteiger partial charge on any atom is 0.423 e. The van der Waals surface area contributed by atoms with E-state index in [1.165, 1.54) is 29.2 Å². The molecule has 24 heavy (non-hydrogen) atoms. The molecule has 1 aromatic heterocycles. The average molecular weight is 343 g/mol. The van der Waals surface area contributed by atoms with Crippen LogP contribution in [0.4, 0.5) is 29.2 Å². The highest BCUT2D eigenvalue weighted by molar-refractivity contribution is 5.56. The van der Waals surface area contributed by atoms with E-state index < -0.39 is 23.4 Å². The molecule has 130 valence electrons. The maximum atomic E-state index is 13.1. The van der Waals surface area contributed by atoms with Crippen molar-refractivity contribution in [3.05, 3.63) is 41.8 Å². The van der Waals surface area contributed by atoms with Crippen molar-refractivity contribution in [3.8, 4) is 5.88 Å². The van der Waals surface area contributed by atoms with Gasteiger partial charge in [0.15, 0.2) is 0 Å². The summed E-state index contributed by atoms with van der Waals surface area (Å²) >= 11 is 0. The van der Waals surface area contributed by atoms with Gasteiger partial charge in [0, 0.05) is 18.9 Å². The Morgan fingerprint density at radius 3 is 2.33 bits per heavy atom. The van der Waals surface area contributed by atoms with Crippen molar-refractivity contribution in [2.75, 3.05) is 18.6 Å². The molecule has 2 rings (SSSR count). The van der Waals surface area contributed by atoms with E-state index in [4.69, 9.17) is 4.74 Å². The predicted octanol–water partition coefficient (Wildman–Crippen LogP) is 4.44. The SMILES string of the molecule is CC(C)COc1nc(N(C)c2ccc(F)cc2)ncc1C(F)(F)F. The highest BCUT2D eigenvalue weighted by Crippen LogP contribution is 2.36. The topological polar surface area (TPSA) is 38.2 Å². The molecule has 2 aromatic rings. The molecular weight excluding hydrogens is 326 g/mol. The summed E-state index contributed by atoms with van der Waals surface area (Å²) < 4.78 is 57.4. The molecule has 0 radical (unpaired) electrons. The van der Waals surface area contributed by atoms with Crippen LogP contribution in [0, 0.1) is 11.7 Å². The van der Waals surface area contributed by atoms with Gasteiger partial charge in [-0.3, -0.25) is 0 Å². The van der Waals surface area contributed by atoms with E-state index in [0.29, 0.717) is 11.9 Å². The van der Waals surface area contributed by atoms with Crippen molar-refractivity contribution in [1.82, 2.24) is 9.97 Å². The number of aromatic nitrogens is 2. The van der Waals surface area contributed by atoms with Crippen molar-refractivity contribution < 1.29 is 22.3 Å². The number of rotatable bonds is 5. The Labute approximate surface area is 137 Å². The zero-order chi connectivity index (χ0) is 17.9. The van der Waals surface area contributed by atoms with Gasteiger partial charge in [0.25, 0.3) is 0 Å². The monoisotopic (exact) mass is 343 g/mol. The first kappa shape index (κ1) is 18.0. The van der Waals surface area contributed by atoms with Crippen molar-refractivity contribution in [3.63, 3.8) is 0 Å². The molecule has 0 bridgehead atoms.